The van der Waals surface area contributed by atoms with Gasteiger partial charge >= 0.3 is 0 Å². The van der Waals surface area contributed by atoms with E-state index in [0.29, 0.717) is 12.1 Å². The van der Waals surface area contributed by atoms with Crippen LogP contribution in [0.4, 0.5) is 5.69 Å². The molecule has 0 saturated carbocycles. The number of nitrogens with zero attached hydrogens (tertiary/aromatic N) is 2. The molecule has 1 N–H and O–H groups in total. The van der Waals surface area contributed by atoms with Crippen LogP contribution < -0.4 is 5.32 Å². The fourth-order valence-electron chi connectivity index (χ4n) is 1.25. The summed E-state index contributed by atoms with van der Waals surface area (Å²) >= 11 is 0. The first-order valence-electron chi connectivity index (χ1n) is 4.52. The molecule has 0 unspecified atom stereocenters. The Morgan fingerprint density at radius 1 is 1.33 bits per heavy atom. The zero-order valence-electron chi connectivity index (χ0n) is 7.97. The summed E-state index contributed by atoms with van der Waals surface area (Å²) in [6, 6.07) is 11.2. The number of hydrogen-bond donors (Lipinski definition) is 1. The van der Waals surface area contributed by atoms with Gasteiger partial charge in [0.15, 0.2) is 0 Å². The van der Waals surface area contributed by atoms with E-state index in [9.17, 15) is 0 Å². The highest BCUT2D eigenvalue weighted by Gasteiger charge is 2.00. The molecular formula is C11H9N3O. The van der Waals surface area contributed by atoms with E-state index < -0.39 is 0 Å². The molecule has 0 saturated heterocycles. The van der Waals surface area contributed by atoms with Gasteiger partial charge in [-0.15, -0.1) is 0 Å². The normalized spacial score (nSPS) is 9.53. The molecule has 74 valence electrons. The average molecular weight is 199 g/mol. The van der Waals surface area contributed by atoms with Gasteiger partial charge in [-0.05, 0) is 12.1 Å². The van der Waals surface area contributed by atoms with Crippen molar-refractivity contribution in [2.75, 3.05) is 5.32 Å². The average Bonchev–Trinajstić information content (AvgIpc) is 2.79. The van der Waals surface area contributed by atoms with Crippen molar-refractivity contribution in [2.24, 2.45) is 0 Å². The molecule has 0 radical (unpaired) electrons. The number of nitriles is 1. The Labute approximate surface area is 87.1 Å². The van der Waals surface area contributed by atoms with E-state index in [-0.39, 0.29) is 0 Å². The number of rotatable bonds is 3. The molecule has 0 aliphatic rings. The highest BCUT2D eigenvalue weighted by Crippen LogP contribution is 2.14. The molecule has 15 heavy (non-hydrogen) atoms. The largest absolute Gasteiger partial charge is 0.378 e. The van der Waals surface area contributed by atoms with Crippen LogP contribution in [-0.4, -0.2) is 5.16 Å². The number of para-hydroxylation sites is 1. The van der Waals surface area contributed by atoms with E-state index in [1.165, 1.54) is 6.26 Å². The molecule has 2 aromatic rings. The van der Waals surface area contributed by atoms with Crippen molar-refractivity contribution in [3.8, 4) is 6.07 Å². The second-order valence-corrected chi connectivity index (χ2v) is 3.00. The summed E-state index contributed by atoms with van der Waals surface area (Å²) < 4.78 is 4.70. The van der Waals surface area contributed by atoms with Crippen molar-refractivity contribution in [3.05, 3.63) is 47.9 Å². The van der Waals surface area contributed by atoms with Crippen LogP contribution >= 0.6 is 0 Å². The van der Waals surface area contributed by atoms with E-state index in [0.717, 1.165) is 11.4 Å². The molecule has 1 heterocycles. The maximum atomic E-state index is 8.85. The van der Waals surface area contributed by atoms with E-state index in [4.69, 9.17) is 9.78 Å². The van der Waals surface area contributed by atoms with Gasteiger partial charge in [-0.1, -0.05) is 17.3 Å². The van der Waals surface area contributed by atoms with Gasteiger partial charge < -0.3 is 9.84 Å². The van der Waals surface area contributed by atoms with Crippen molar-refractivity contribution in [2.45, 2.75) is 6.54 Å². The smallest absolute Gasteiger partial charge is 0.124 e. The van der Waals surface area contributed by atoms with Crippen LogP contribution in [0.25, 0.3) is 0 Å². The van der Waals surface area contributed by atoms with E-state index in [1.807, 2.05) is 18.2 Å². The lowest BCUT2D eigenvalue weighted by molar-refractivity contribution is 0.412. The number of hydrogen-bond acceptors (Lipinski definition) is 4. The lowest BCUT2D eigenvalue weighted by Gasteiger charge is -2.04. The Hall–Kier alpha value is -2.28. The van der Waals surface area contributed by atoms with Crippen molar-refractivity contribution >= 4 is 5.69 Å². The third-order valence-corrected chi connectivity index (χ3v) is 2.00. The molecule has 0 fully saturated rings. The van der Waals surface area contributed by atoms with Gasteiger partial charge in [0.2, 0.25) is 0 Å². The van der Waals surface area contributed by atoms with Crippen molar-refractivity contribution in [1.82, 2.24) is 5.16 Å². The van der Waals surface area contributed by atoms with Crippen LogP contribution in [0.1, 0.15) is 11.3 Å². The minimum atomic E-state index is 0.551. The van der Waals surface area contributed by atoms with Gasteiger partial charge in [0.05, 0.1) is 17.8 Å². The summed E-state index contributed by atoms with van der Waals surface area (Å²) in [7, 11) is 0. The summed E-state index contributed by atoms with van der Waals surface area (Å²) in [6.07, 6.45) is 1.52. The standard InChI is InChI=1S/C11H9N3O/c12-7-9-3-1-2-4-11(9)13-8-10-5-6-15-14-10/h1-6,13H,8H2. The predicted molar refractivity (Wildman–Crippen MR) is 55.0 cm³/mol. The Balaban J connectivity index is 2.08. The highest BCUT2D eigenvalue weighted by molar-refractivity contribution is 5.57. The quantitative estimate of drug-likeness (QED) is 0.822. The molecule has 0 atom stereocenters. The molecule has 1 aromatic carbocycles. The maximum Gasteiger partial charge on any atom is 0.124 e. The van der Waals surface area contributed by atoms with Crippen LogP contribution in [0.5, 0.6) is 0 Å². The topological polar surface area (TPSA) is 61.9 Å². The van der Waals surface area contributed by atoms with E-state index in [1.54, 1.807) is 12.1 Å². The van der Waals surface area contributed by atoms with Crippen LogP contribution in [0.15, 0.2) is 41.1 Å². The molecule has 2 rings (SSSR count). The van der Waals surface area contributed by atoms with Gasteiger partial charge in [-0.3, -0.25) is 0 Å². The first-order chi connectivity index (χ1) is 7.40. The third kappa shape index (κ3) is 2.15. The molecule has 0 aliphatic carbocycles. The number of aromatic nitrogens is 1. The molecule has 0 bridgehead atoms. The van der Waals surface area contributed by atoms with Gasteiger partial charge in [0.25, 0.3) is 0 Å². The zero-order valence-corrected chi connectivity index (χ0v) is 7.97. The molecule has 1 aromatic heterocycles. The summed E-state index contributed by atoms with van der Waals surface area (Å²) in [5, 5.41) is 15.7. The minimum absolute atomic E-state index is 0.551. The van der Waals surface area contributed by atoms with Crippen LogP contribution in [-0.2, 0) is 6.54 Å². The van der Waals surface area contributed by atoms with Crippen molar-refractivity contribution < 1.29 is 4.52 Å². The minimum Gasteiger partial charge on any atom is -0.378 e. The van der Waals surface area contributed by atoms with Crippen LogP contribution in [0.3, 0.4) is 0 Å². The monoisotopic (exact) mass is 199 g/mol. The van der Waals surface area contributed by atoms with Crippen molar-refractivity contribution in [3.63, 3.8) is 0 Å². The SMILES string of the molecule is N#Cc1ccccc1NCc1ccon1. The van der Waals surface area contributed by atoms with Crippen molar-refractivity contribution in [1.29, 1.82) is 5.26 Å². The van der Waals surface area contributed by atoms with Gasteiger partial charge in [-0.25, -0.2) is 0 Å². The van der Waals surface area contributed by atoms with Gasteiger partial charge in [0, 0.05) is 6.07 Å². The van der Waals surface area contributed by atoms with Gasteiger partial charge in [-0.2, -0.15) is 5.26 Å². The summed E-state index contributed by atoms with van der Waals surface area (Å²) in [5.74, 6) is 0. The Kier molecular flexibility index (Phi) is 2.65. The number of benzene rings is 1. The lowest BCUT2D eigenvalue weighted by Crippen LogP contribution is -2.01. The maximum absolute atomic E-state index is 8.85. The van der Waals surface area contributed by atoms with Crippen LogP contribution in [0.2, 0.25) is 0 Å². The second kappa shape index (κ2) is 4.29. The number of anilines is 1. The zero-order chi connectivity index (χ0) is 10.5. The summed E-state index contributed by atoms with van der Waals surface area (Å²) in [4.78, 5) is 0. The lowest BCUT2D eigenvalue weighted by atomic mass is 10.2. The predicted octanol–water partition coefficient (Wildman–Crippen LogP) is 2.16. The molecule has 0 spiro atoms. The Morgan fingerprint density at radius 2 is 2.20 bits per heavy atom. The van der Waals surface area contributed by atoms with E-state index in [2.05, 4.69) is 16.5 Å². The molecule has 0 aliphatic heterocycles. The summed E-state index contributed by atoms with van der Waals surface area (Å²) in [6.45, 7) is 0.551. The van der Waals surface area contributed by atoms with Crippen LogP contribution in [0, 0.1) is 11.3 Å². The first kappa shape index (κ1) is 9.28. The number of nitrogens with one attached hydrogen (secondary N) is 1. The molecule has 0 amide bonds. The Morgan fingerprint density at radius 3 is 2.93 bits per heavy atom. The Bertz CT molecular complexity index is 471. The van der Waals surface area contributed by atoms with Gasteiger partial charge in [0.1, 0.15) is 18.0 Å². The second-order valence-electron chi connectivity index (χ2n) is 3.00. The summed E-state index contributed by atoms with van der Waals surface area (Å²) in [5.41, 5.74) is 2.24. The highest BCUT2D eigenvalue weighted by atomic mass is 16.5. The molecular weight excluding hydrogens is 190 g/mol. The fraction of sp³-hybridized carbons (Fsp3) is 0.0909. The fourth-order valence-corrected chi connectivity index (χ4v) is 1.25. The molecule has 4 heteroatoms. The van der Waals surface area contributed by atoms with E-state index >= 15 is 0 Å². The molecule has 4 nitrogen and oxygen atoms in total. The third-order valence-electron chi connectivity index (χ3n) is 2.00. The first-order valence-corrected chi connectivity index (χ1v) is 4.52.